The van der Waals surface area contributed by atoms with Crippen LogP contribution in [0.1, 0.15) is 37.7 Å². The van der Waals surface area contributed by atoms with Crippen LogP contribution >= 0.6 is 0 Å². The zero-order valence-electron chi connectivity index (χ0n) is 17.0. The van der Waals surface area contributed by atoms with E-state index in [1.54, 1.807) is 12.1 Å². The summed E-state index contributed by atoms with van der Waals surface area (Å²) in [6.45, 7) is 7.16. The summed E-state index contributed by atoms with van der Waals surface area (Å²) in [5, 5.41) is 0. The SMILES string of the molecule is CC(C)(C)C(=O)Oc1ccc(-c2nc3c([nH]2)CN(Cc2ccccc2)C=C3)cc1. The number of nitrogens with one attached hydrogen (secondary N) is 1. The molecule has 0 saturated carbocycles. The predicted octanol–water partition coefficient (Wildman–Crippen LogP) is 5.01. The molecule has 1 aliphatic heterocycles. The van der Waals surface area contributed by atoms with Gasteiger partial charge >= 0.3 is 5.97 Å². The monoisotopic (exact) mass is 387 g/mol. The number of rotatable bonds is 4. The van der Waals surface area contributed by atoms with Crippen LogP contribution in [0, 0.1) is 5.41 Å². The minimum atomic E-state index is -0.531. The van der Waals surface area contributed by atoms with Crippen LogP contribution in [0.5, 0.6) is 5.75 Å². The van der Waals surface area contributed by atoms with Crippen LogP contribution in [0.15, 0.2) is 60.8 Å². The van der Waals surface area contributed by atoms with Crippen molar-refractivity contribution in [2.75, 3.05) is 0 Å². The van der Waals surface area contributed by atoms with Crippen LogP contribution in [-0.4, -0.2) is 20.8 Å². The molecule has 0 unspecified atom stereocenters. The van der Waals surface area contributed by atoms with E-state index in [1.807, 2.05) is 45.0 Å². The van der Waals surface area contributed by atoms with Crippen molar-refractivity contribution in [2.45, 2.75) is 33.9 Å². The first-order valence-corrected chi connectivity index (χ1v) is 9.76. The number of esters is 1. The van der Waals surface area contributed by atoms with Crippen molar-refractivity contribution < 1.29 is 9.53 Å². The van der Waals surface area contributed by atoms with Crippen molar-refractivity contribution in [3.05, 3.63) is 77.7 Å². The molecule has 29 heavy (non-hydrogen) atoms. The molecule has 2 heterocycles. The highest BCUT2D eigenvalue weighted by atomic mass is 16.5. The van der Waals surface area contributed by atoms with E-state index in [1.165, 1.54) is 5.56 Å². The van der Waals surface area contributed by atoms with Crippen LogP contribution in [-0.2, 0) is 17.9 Å². The summed E-state index contributed by atoms with van der Waals surface area (Å²) in [5.41, 5.74) is 3.77. The van der Waals surface area contributed by atoms with E-state index in [0.717, 1.165) is 35.9 Å². The van der Waals surface area contributed by atoms with Crippen molar-refractivity contribution in [1.29, 1.82) is 0 Å². The Hall–Kier alpha value is -3.34. The number of benzene rings is 2. The largest absolute Gasteiger partial charge is 0.426 e. The minimum absolute atomic E-state index is 0.248. The molecule has 3 aromatic rings. The van der Waals surface area contributed by atoms with E-state index in [0.29, 0.717) is 5.75 Å². The van der Waals surface area contributed by atoms with Gasteiger partial charge < -0.3 is 14.6 Å². The molecule has 0 spiro atoms. The van der Waals surface area contributed by atoms with Gasteiger partial charge in [-0.15, -0.1) is 0 Å². The number of hydrogen-bond donors (Lipinski definition) is 1. The number of carbonyl (C=O) groups excluding carboxylic acids is 1. The van der Waals surface area contributed by atoms with E-state index in [9.17, 15) is 4.79 Å². The fourth-order valence-corrected chi connectivity index (χ4v) is 3.12. The highest BCUT2D eigenvalue weighted by molar-refractivity contribution is 5.78. The van der Waals surface area contributed by atoms with Crippen molar-refractivity contribution in [1.82, 2.24) is 14.9 Å². The smallest absolute Gasteiger partial charge is 0.316 e. The number of nitrogens with zero attached hydrogens (tertiary/aromatic N) is 2. The molecule has 0 fully saturated rings. The molecule has 0 aliphatic carbocycles. The summed E-state index contributed by atoms with van der Waals surface area (Å²) in [4.78, 5) is 22.4. The topological polar surface area (TPSA) is 58.2 Å². The van der Waals surface area contributed by atoms with Crippen LogP contribution in [0.2, 0.25) is 0 Å². The first-order chi connectivity index (χ1) is 13.9. The highest BCUT2D eigenvalue weighted by Gasteiger charge is 2.23. The first kappa shape index (κ1) is 19.0. The molecule has 0 saturated heterocycles. The summed E-state index contributed by atoms with van der Waals surface area (Å²) in [7, 11) is 0. The number of hydrogen-bond acceptors (Lipinski definition) is 4. The van der Waals surface area contributed by atoms with Gasteiger partial charge in [-0.05, 0) is 56.7 Å². The summed E-state index contributed by atoms with van der Waals surface area (Å²) in [6.07, 6.45) is 4.14. The summed E-state index contributed by atoms with van der Waals surface area (Å²) in [6, 6.07) is 17.9. The molecular formula is C24H25N3O2. The molecule has 0 amide bonds. The molecule has 1 N–H and O–H groups in total. The molecule has 1 aromatic heterocycles. The fourth-order valence-electron chi connectivity index (χ4n) is 3.12. The number of aromatic amines is 1. The second-order valence-electron chi connectivity index (χ2n) is 8.32. The van der Waals surface area contributed by atoms with Gasteiger partial charge in [0.25, 0.3) is 0 Å². The van der Waals surface area contributed by atoms with Crippen LogP contribution in [0.4, 0.5) is 0 Å². The van der Waals surface area contributed by atoms with Gasteiger partial charge in [0.1, 0.15) is 11.6 Å². The zero-order valence-corrected chi connectivity index (χ0v) is 17.0. The van der Waals surface area contributed by atoms with E-state index in [2.05, 4.69) is 40.3 Å². The van der Waals surface area contributed by atoms with Crippen molar-refractivity contribution in [2.24, 2.45) is 5.41 Å². The Morgan fingerprint density at radius 2 is 1.83 bits per heavy atom. The summed E-state index contributed by atoms with van der Waals surface area (Å²) < 4.78 is 5.43. The van der Waals surface area contributed by atoms with Gasteiger partial charge in [0.05, 0.1) is 23.3 Å². The first-order valence-electron chi connectivity index (χ1n) is 9.76. The summed E-state index contributed by atoms with van der Waals surface area (Å²) >= 11 is 0. The number of ether oxygens (including phenoxy) is 1. The van der Waals surface area contributed by atoms with Crippen LogP contribution < -0.4 is 4.74 Å². The molecular weight excluding hydrogens is 362 g/mol. The van der Waals surface area contributed by atoms with Crippen molar-refractivity contribution in [3.63, 3.8) is 0 Å². The molecule has 148 valence electrons. The van der Waals surface area contributed by atoms with E-state index >= 15 is 0 Å². The lowest BCUT2D eigenvalue weighted by atomic mass is 9.97. The predicted molar refractivity (Wildman–Crippen MR) is 114 cm³/mol. The van der Waals surface area contributed by atoms with Gasteiger partial charge in [0.2, 0.25) is 0 Å². The van der Waals surface area contributed by atoms with Crippen LogP contribution in [0.25, 0.3) is 17.5 Å². The second kappa shape index (κ2) is 7.59. The Kier molecular flexibility index (Phi) is 4.97. The maximum atomic E-state index is 12.0. The van der Waals surface area contributed by atoms with Gasteiger partial charge in [0.15, 0.2) is 0 Å². The molecule has 5 heteroatoms. The van der Waals surface area contributed by atoms with E-state index in [4.69, 9.17) is 9.72 Å². The maximum absolute atomic E-state index is 12.0. The molecule has 5 nitrogen and oxygen atoms in total. The maximum Gasteiger partial charge on any atom is 0.316 e. The molecule has 2 aromatic carbocycles. The normalized spacial score (nSPS) is 13.3. The number of fused-ring (bicyclic) bond motifs is 1. The highest BCUT2D eigenvalue weighted by Crippen LogP contribution is 2.26. The molecule has 0 atom stereocenters. The van der Waals surface area contributed by atoms with Gasteiger partial charge in [-0.25, -0.2) is 4.98 Å². The summed E-state index contributed by atoms with van der Waals surface area (Å²) in [5.74, 6) is 1.11. The lowest BCUT2D eigenvalue weighted by Crippen LogP contribution is -2.25. The third-order valence-corrected chi connectivity index (χ3v) is 4.79. The number of H-pyrrole nitrogens is 1. The fraction of sp³-hybridized carbons (Fsp3) is 0.250. The Morgan fingerprint density at radius 3 is 2.52 bits per heavy atom. The lowest BCUT2D eigenvalue weighted by molar-refractivity contribution is -0.142. The molecule has 0 radical (unpaired) electrons. The Morgan fingerprint density at radius 1 is 1.10 bits per heavy atom. The third-order valence-electron chi connectivity index (χ3n) is 4.79. The van der Waals surface area contributed by atoms with E-state index < -0.39 is 5.41 Å². The van der Waals surface area contributed by atoms with Crippen molar-refractivity contribution in [3.8, 4) is 17.1 Å². The molecule has 0 bridgehead atoms. The second-order valence-corrected chi connectivity index (χ2v) is 8.32. The minimum Gasteiger partial charge on any atom is -0.426 e. The van der Waals surface area contributed by atoms with Gasteiger partial charge in [-0.1, -0.05) is 30.3 Å². The number of carbonyl (C=O) groups is 1. The lowest BCUT2D eigenvalue weighted by Gasteiger charge is -2.22. The average molecular weight is 387 g/mol. The van der Waals surface area contributed by atoms with Gasteiger partial charge in [-0.3, -0.25) is 4.79 Å². The van der Waals surface area contributed by atoms with Crippen molar-refractivity contribution >= 4 is 12.0 Å². The standard InChI is InChI=1S/C24H25N3O2/c1-24(2,3)23(28)29-19-11-9-18(10-12-19)22-25-20-13-14-27(16-21(20)26-22)15-17-7-5-4-6-8-17/h4-14H,15-16H2,1-3H3,(H,25,26). The molecule has 4 rings (SSSR count). The quantitative estimate of drug-likeness (QED) is 0.505. The van der Waals surface area contributed by atoms with E-state index in [-0.39, 0.29) is 5.97 Å². The average Bonchev–Trinajstić information content (AvgIpc) is 3.12. The molecule has 1 aliphatic rings. The Bertz CT molecular complexity index is 1030. The Balaban J connectivity index is 1.45. The zero-order chi connectivity index (χ0) is 20.4. The number of imidazole rings is 1. The number of aromatic nitrogens is 2. The van der Waals surface area contributed by atoms with Gasteiger partial charge in [0, 0.05) is 18.3 Å². The Labute approximate surface area is 171 Å². The third kappa shape index (κ3) is 4.40. The van der Waals surface area contributed by atoms with Gasteiger partial charge in [-0.2, -0.15) is 0 Å². The van der Waals surface area contributed by atoms with Crippen LogP contribution in [0.3, 0.4) is 0 Å².